The Hall–Kier alpha value is -1.92. The zero-order valence-corrected chi connectivity index (χ0v) is 11.7. The normalized spacial score (nSPS) is 10.7. The summed E-state index contributed by atoms with van der Waals surface area (Å²) in [4.78, 5) is 0. The van der Waals surface area contributed by atoms with Crippen LogP contribution in [-0.2, 0) is 24.2 Å². The van der Waals surface area contributed by atoms with Crippen LogP contribution in [0.2, 0.25) is 0 Å². The standard InChI is InChI=1S/C14H20N4O2/c1-19-8-6-12-2-4-14(5-3-12)20-9-7-18-11-13(10-15)16-17-18/h2-5,11H,6-10,15H2,1H3. The number of nitrogens with zero attached hydrogens (tertiary/aromatic N) is 3. The van der Waals surface area contributed by atoms with E-state index in [0.29, 0.717) is 19.7 Å². The first kappa shape index (κ1) is 14.5. The molecule has 0 aliphatic carbocycles. The maximum absolute atomic E-state index is 5.66. The lowest BCUT2D eigenvalue weighted by molar-refractivity contribution is 0.202. The molecule has 0 radical (unpaired) electrons. The topological polar surface area (TPSA) is 75.2 Å². The Labute approximate surface area is 118 Å². The number of hydrogen-bond donors (Lipinski definition) is 1. The summed E-state index contributed by atoms with van der Waals surface area (Å²) in [5, 5.41) is 7.88. The average molecular weight is 276 g/mol. The van der Waals surface area contributed by atoms with E-state index in [1.807, 2.05) is 18.3 Å². The van der Waals surface area contributed by atoms with Crippen LogP contribution in [0.15, 0.2) is 30.5 Å². The van der Waals surface area contributed by atoms with Gasteiger partial charge in [-0.25, -0.2) is 4.68 Å². The summed E-state index contributed by atoms with van der Waals surface area (Å²) < 4.78 is 12.4. The molecular weight excluding hydrogens is 256 g/mol. The monoisotopic (exact) mass is 276 g/mol. The van der Waals surface area contributed by atoms with E-state index >= 15 is 0 Å². The first-order chi connectivity index (χ1) is 9.81. The van der Waals surface area contributed by atoms with E-state index in [1.54, 1.807) is 11.8 Å². The summed E-state index contributed by atoms with van der Waals surface area (Å²) >= 11 is 0. The van der Waals surface area contributed by atoms with Gasteiger partial charge in [-0.15, -0.1) is 5.10 Å². The second kappa shape index (κ2) is 7.62. The minimum Gasteiger partial charge on any atom is -0.492 e. The van der Waals surface area contributed by atoms with Gasteiger partial charge in [0.25, 0.3) is 0 Å². The molecule has 1 aromatic heterocycles. The van der Waals surface area contributed by atoms with Crippen molar-refractivity contribution in [1.29, 1.82) is 0 Å². The fourth-order valence-electron chi connectivity index (χ4n) is 1.77. The lowest BCUT2D eigenvalue weighted by atomic mass is 10.1. The largest absolute Gasteiger partial charge is 0.492 e. The fourth-order valence-corrected chi connectivity index (χ4v) is 1.77. The van der Waals surface area contributed by atoms with Crippen LogP contribution in [0.4, 0.5) is 0 Å². The maximum Gasteiger partial charge on any atom is 0.119 e. The van der Waals surface area contributed by atoms with Gasteiger partial charge in [-0.1, -0.05) is 17.3 Å². The highest BCUT2D eigenvalue weighted by Crippen LogP contribution is 2.12. The van der Waals surface area contributed by atoms with Gasteiger partial charge in [-0.2, -0.15) is 0 Å². The van der Waals surface area contributed by atoms with Crippen molar-refractivity contribution in [2.24, 2.45) is 5.73 Å². The molecular formula is C14H20N4O2. The van der Waals surface area contributed by atoms with Gasteiger partial charge in [0.05, 0.1) is 18.8 Å². The molecule has 108 valence electrons. The van der Waals surface area contributed by atoms with Crippen LogP contribution >= 0.6 is 0 Å². The number of nitrogens with two attached hydrogens (primary N) is 1. The van der Waals surface area contributed by atoms with Gasteiger partial charge < -0.3 is 15.2 Å². The molecule has 1 heterocycles. The summed E-state index contributed by atoms with van der Waals surface area (Å²) in [5.74, 6) is 0.852. The van der Waals surface area contributed by atoms with E-state index in [1.165, 1.54) is 5.56 Å². The molecule has 0 bridgehead atoms. The molecule has 20 heavy (non-hydrogen) atoms. The maximum atomic E-state index is 5.66. The van der Waals surface area contributed by atoms with Gasteiger partial charge in [0.2, 0.25) is 0 Å². The second-order valence-electron chi connectivity index (χ2n) is 4.41. The minimum atomic E-state index is 0.407. The lowest BCUT2D eigenvalue weighted by Gasteiger charge is -2.07. The molecule has 6 nitrogen and oxygen atoms in total. The number of ether oxygens (including phenoxy) is 2. The summed E-state index contributed by atoms with van der Waals surface area (Å²) in [6.45, 7) is 2.34. The van der Waals surface area contributed by atoms with Crippen LogP contribution in [0.25, 0.3) is 0 Å². The van der Waals surface area contributed by atoms with Crippen molar-refractivity contribution in [3.05, 3.63) is 41.7 Å². The number of benzene rings is 1. The molecule has 0 saturated heterocycles. The summed E-state index contributed by atoms with van der Waals surface area (Å²) in [7, 11) is 1.71. The van der Waals surface area contributed by atoms with E-state index in [4.69, 9.17) is 15.2 Å². The Kier molecular flexibility index (Phi) is 5.52. The van der Waals surface area contributed by atoms with Gasteiger partial charge in [0.1, 0.15) is 12.4 Å². The molecule has 0 atom stereocenters. The molecule has 2 rings (SSSR count). The summed E-state index contributed by atoms with van der Waals surface area (Å²) in [6.07, 6.45) is 2.74. The molecule has 0 unspecified atom stereocenters. The summed E-state index contributed by atoms with van der Waals surface area (Å²) in [6, 6.07) is 8.04. The molecule has 0 saturated carbocycles. The Balaban J connectivity index is 1.76. The van der Waals surface area contributed by atoms with Gasteiger partial charge in [0, 0.05) is 19.9 Å². The smallest absolute Gasteiger partial charge is 0.119 e. The van der Waals surface area contributed by atoms with Crippen LogP contribution in [0.5, 0.6) is 5.75 Å². The molecule has 2 N–H and O–H groups in total. The van der Waals surface area contributed by atoms with Crippen molar-refractivity contribution in [2.75, 3.05) is 20.3 Å². The molecule has 0 amide bonds. The molecule has 0 spiro atoms. The van der Waals surface area contributed by atoms with E-state index < -0.39 is 0 Å². The van der Waals surface area contributed by atoms with Gasteiger partial charge in [-0.3, -0.25) is 0 Å². The molecule has 0 aliphatic heterocycles. The van der Waals surface area contributed by atoms with Crippen LogP contribution in [0, 0.1) is 0 Å². The SMILES string of the molecule is COCCc1ccc(OCCn2cc(CN)nn2)cc1. The van der Waals surface area contributed by atoms with Gasteiger partial charge in [0.15, 0.2) is 0 Å². The van der Waals surface area contributed by atoms with Crippen LogP contribution in [0.3, 0.4) is 0 Å². The van der Waals surface area contributed by atoms with Crippen LogP contribution in [-0.4, -0.2) is 35.3 Å². The zero-order chi connectivity index (χ0) is 14.2. The first-order valence-electron chi connectivity index (χ1n) is 6.61. The van der Waals surface area contributed by atoms with E-state index in [-0.39, 0.29) is 0 Å². The number of rotatable bonds is 8. The third-order valence-electron chi connectivity index (χ3n) is 2.90. The van der Waals surface area contributed by atoms with E-state index in [9.17, 15) is 0 Å². The fraction of sp³-hybridized carbons (Fsp3) is 0.429. The first-order valence-corrected chi connectivity index (χ1v) is 6.61. The highest BCUT2D eigenvalue weighted by molar-refractivity contribution is 5.27. The van der Waals surface area contributed by atoms with Crippen molar-refractivity contribution in [3.63, 3.8) is 0 Å². The molecule has 0 fully saturated rings. The molecule has 2 aromatic rings. The Morgan fingerprint density at radius 3 is 2.65 bits per heavy atom. The predicted octanol–water partition coefficient (Wildman–Crippen LogP) is 1.00. The van der Waals surface area contributed by atoms with E-state index in [2.05, 4.69) is 22.4 Å². The Morgan fingerprint density at radius 2 is 2.00 bits per heavy atom. The van der Waals surface area contributed by atoms with Crippen molar-refractivity contribution in [2.45, 2.75) is 19.5 Å². The Bertz CT molecular complexity index is 510. The molecule has 0 aliphatic rings. The van der Waals surface area contributed by atoms with Crippen molar-refractivity contribution >= 4 is 0 Å². The summed E-state index contributed by atoms with van der Waals surface area (Å²) in [5.41, 5.74) is 7.50. The quantitative estimate of drug-likeness (QED) is 0.778. The number of hydrogen-bond acceptors (Lipinski definition) is 5. The Morgan fingerprint density at radius 1 is 1.20 bits per heavy atom. The number of aromatic nitrogens is 3. The predicted molar refractivity (Wildman–Crippen MR) is 75.4 cm³/mol. The van der Waals surface area contributed by atoms with Gasteiger partial charge >= 0.3 is 0 Å². The van der Waals surface area contributed by atoms with Crippen molar-refractivity contribution < 1.29 is 9.47 Å². The third kappa shape index (κ3) is 4.32. The number of methoxy groups -OCH3 is 1. The van der Waals surface area contributed by atoms with Gasteiger partial charge in [-0.05, 0) is 24.1 Å². The molecule has 6 heteroatoms. The molecule has 1 aromatic carbocycles. The lowest BCUT2D eigenvalue weighted by Crippen LogP contribution is -2.08. The van der Waals surface area contributed by atoms with Crippen LogP contribution in [0.1, 0.15) is 11.3 Å². The minimum absolute atomic E-state index is 0.407. The average Bonchev–Trinajstić information content (AvgIpc) is 2.94. The highest BCUT2D eigenvalue weighted by Gasteiger charge is 1.99. The van der Waals surface area contributed by atoms with Crippen LogP contribution < -0.4 is 10.5 Å². The van der Waals surface area contributed by atoms with Crippen molar-refractivity contribution in [1.82, 2.24) is 15.0 Å². The van der Waals surface area contributed by atoms with E-state index in [0.717, 1.165) is 24.5 Å². The second-order valence-corrected chi connectivity index (χ2v) is 4.41. The third-order valence-corrected chi connectivity index (χ3v) is 2.90. The highest BCUT2D eigenvalue weighted by atomic mass is 16.5. The zero-order valence-electron chi connectivity index (χ0n) is 11.7. The van der Waals surface area contributed by atoms with Crippen molar-refractivity contribution in [3.8, 4) is 5.75 Å².